The summed E-state index contributed by atoms with van der Waals surface area (Å²) in [5.74, 6) is 0. The molecule has 0 atom stereocenters. The lowest BCUT2D eigenvalue weighted by atomic mass is 10.1. The van der Waals surface area contributed by atoms with Crippen molar-refractivity contribution in [2.75, 3.05) is 13.1 Å². The third-order valence-corrected chi connectivity index (χ3v) is 3.03. The molecular weight excluding hydrogens is 170 g/mol. The number of likely N-dealkylation sites (tertiary alicyclic amines) is 1. The van der Waals surface area contributed by atoms with Crippen molar-refractivity contribution in [2.24, 2.45) is 0 Å². The first kappa shape index (κ1) is 11.5. The van der Waals surface area contributed by atoms with Crippen molar-refractivity contribution >= 4 is 0 Å². The van der Waals surface area contributed by atoms with Crippen LogP contribution in [0.3, 0.4) is 0 Å². The van der Waals surface area contributed by atoms with E-state index in [2.05, 4.69) is 18.1 Å². The Kier molecular flexibility index (Phi) is 5.62. The van der Waals surface area contributed by atoms with Crippen LogP contribution in [0.25, 0.3) is 0 Å². The summed E-state index contributed by atoms with van der Waals surface area (Å²) < 4.78 is 0. The molecule has 1 fully saturated rings. The third-order valence-electron chi connectivity index (χ3n) is 3.03. The molecule has 1 heteroatoms. The first-order chi connectivity index (χ1) is 6.88. The van der Waals surface area contributed by atoms with Gasteiger partial charge in [0.1, 0.15) is 0 Å². The first-order valence-corrected chi connectivity index (χ1v) is 5.84. The van der Waals surface area contributed by atoms with Gasteiger partial charge < -0.3 is 0 Å². The van der Waals surface area contributed by atoms with Crippen LogP contribution in [0.1, 0.15) is 38.5 Å². The van der Waals surface area contributed by atoms with E-state index in [1.54, 1.807) is 0 Å². The summed E-state index contributed by atoms with van der Waals surface area (Å²) >= 11 is 0. The van der Waals surface area contributed by atoms with Gasteiger partial charge in [0.25, 0.3) is 0 Å². The normalized spacial score (nSPS) is 19.2. The summed E-state index contributed by atoms with van der Waals surface area (Å²) in [6.07, 6.45) is 11.8. The molecule has 1 saturated heterocycles. The van der Waals surface area contributed by atoms with Crippen molar-refractivity contribution in [1.29, 1.82) is 0 Å². The molecule has 0 aromatic heterocycles. The molecule has 1 heterocycles. The highest BCUT2D eigenvalue weighted by Crippen LogP contribution is 2.16. The molecular formula is C13H23N. The van der Waals surface area contributed by atoms with Crippen LogP contribution in [0.5, 0.6) is 0 Å². The van der Waals surface area contributed by atoms with Gasteiger partial charge >= 0.3 is 0 Å². The molecule has 0 aromatic rings. The second kappa shape index (κ2) is 6.83. The van der Waals surface area contributed by atoms with E-state index in [0.29, 0.717) is 6.04 Å². The monoisotopic (exact) mass is 193 g/mol. The molecule has 1 aliphatic heterocycles. The molecule has 0 spiro atoms. The summed E-state index contributed by atoms with van der Waals surface area (Å²) in [5.41, 5.74) is 0. The maximum atomic E-state index is 3.84. The first-order valence-electron chi connectivity index (χ1n) is 5.84. The highest BCUT2D eigenvalue weighted by Gasteiger charge is 2.16. The predicted molar refractivity (Wildman–Crippen MR) is 63.5 cm³/mol. The molecule has 14 heavy (non-hydrogen) atoms. The minimum absolute atomic E-state index is 0.656. The Hall–Kier alpha value is -0.560. The van der Waals surface area contributed by atoms with Gasteiger partial charge in [0.2, 0.25) is 0 Å². The van der Waals surface area contributed by atoms with Crippen molar-refractivity contribution in [3.8, 4) is 0 Å². The number of nitrogens with zero attached hydrogens (tertiary/aromatic N) is 1. The Labute approximate surface area is 88.5 Å². The SMILES string of the molecule is C=CCC(CC=C)N1CCCCCC1. The van der Waals surface area contributed by atoms with Gasteiger partial charge in [0, 0.05) is 6.04 Å². The van der Waals surface area contributed by atoms with Crippen molar-refractivity contribution in [3.05, 3.63) is 25.3 Å². The Morgan fingerprint density at radius 2 is 1.43 bits per heavy atom. The lowest BCUT2D eigenvalue weighted by Gasteiger charge is -2.29. The van der Waals surface area contributed by atoms with Crippen LogP contribution in [0, 0.1) is 0 Å². The van der Waals surface area contributed by atoms with Crippen LogP contribution in [0.2, 0.25) is 0 Å². The summed E-state index contributed by atoms with van der Waals surface area (Å²) in [5, 5.41) is 0. The zero-order chi connectivity index (χ0) is 10.2. The summed E-state index contributed by atoms with van der Waals surface area (Å²) in [6.45, 7) is 10.2. The fourth-order valence-corrected chi connectivity index (χ4v) is 2.24. The highest BCUT2D eigenvalue weighted by atomic mass is 15.1. The minimum atomic E-state index is 0.656. The quantitative estimate of drug-likeness (QED) is 0.605. The molecule has 1 aliphatic rings. The van der Waals surface area contributed by atoms with Crippen LogP contribution in [-0.2, 0) is 0 Å². The van der Waals surface area contributed by atoms with Gasteiger partial charge in [-0.25, -0.2) is 0 Å². The van der Waals surface area contributed by atoms with Gasteiger partial charge in [-0.15, -0.1) is 13.2 Å². The van der Waals surface area contributed by atoms with Crippen molar-refractivity contribution in [1.82, 2.24) is 4.90 Å². The molecule has 0 radical (unpaired) electrons. The summed E-state index contributed by atoms with van der Waals surface area (Å²) in [4.78, 5) is 2.62. The zero-order valence-electron chi connectivity index (χ0n) is 9.25. The maximum absolute atomic E-state index is 3.84. The van der Waals surface area contributed by atoms with Crippen LogP contribution in [-0.4, -0.2) is 24.0 Å². The van der Waals surface area contributed by atoms with Crippen molar-refractivity contribution in [3.63, 3.8) is 0 Å². The molecule has 0 bridgehead atoms. The largest absolute Gasteiger partial charge is 0.300 e. The maximum Gasteiger partial charge on any atom is 0.0164 e. The van der Waals surface area contributed by atoms with Crippen LogP contribution >= 0.6 is 0 Å². The van der Waals surface area contributed by atoms with Gasteiger partial charge in [-0.1, -0.05) is 25.0 Å². The van der Waals surface area contributed by atoms with Gasteiger partial charge in [0.05, 0.1) is 0 Å². The number of hydrogen-bond donors (Lipinski definition) is 0. The van der Waals surface area contributed by atoms with E-state index >= 15 is 0 Å². The molecule has 0 unspecified atom stereocenters. The minimum Gasteiger partial charge on any atom is -0.300 e. The Balaban J connectivity index is 2.45. The van der Waals surface area contributed by atoms with Crippen LogP contribution in [0.15, 0.2) is 25.3 Å². The van der Waals surface area contributed by atoms with Gasteiger partial charge in [-0.3, -0.25) is 4.90 Å². The van der Waals surface area contributed by atoms with Crippen LogP contribution in [0.4, 0.5) is 0 Å². The van der Waals surface area contributed by atoms with E-state index in [1.807, 2.05) is 12.2 Å². The molecule has 0 aliphatic carbocycles. The second-order valence-corrected chi connectivity index (χ2v) is 4.15. The average Bonchev–Trinajstić information content (AvgIpc) is 2.45. The number of rotatable bonds is 5. The van der Waals surface area contributed by atoms with E-state index in [4.69, 9.17) is 0 Å². The predicted octanol–water partition coefficient (Wildman–Crippen LogP) is 3.38. The summed E-state index contributed by atoms with van der Waals surface area (Å²) in [7, 11) is 0. The molecule has 0 aromatic carbocycles. The lowest BCUT2D eigenvalue weighted by molar-refractivity contribution is 0.205. The standard InChI is InChI=1S/C13H23N/c1-3-9-13(10-4-2)14-11-7-5-6-8-12-14/h3-4,13H,1-2,5-12H2. The topological polar surface area (TPSA) is 3.24 Å². The van der Waals surface area contributed by atoms with E-state index in [9.17, 15) is 0 Å². The molecule has 1 nitrogen and oxygen atoms in total. The van der Waals surface area contributed by atoms with E-state index < -0.39 is 0 Å². The van der Waals surface area contributed by atoms with Crippen LogP contribution < -0.4 is 0 Å². The average molecular weight is 193 g/mol. The van der Waals surface area contributed by atoms with Gasteiger partial charge in [0.15, 0.2) is 0 Å². The van der Waals surface area contributed by atoms with E-state index in [-0.39, 0.29) is 0 Å². The Morgan fingerprint density at radius 1 is 0.929 bits per heavy atom. The molecule has 0 amide bonds. The van der Waals surface area contributed by atoms with Gasteiger partial charge in [-0.05, 0) is 38.8 Å². The molecule has 1 rings (SSSR count). The molecule has 0 N–H and O–H groups in total. The van der Waals surface area contributed by atoms with E-state index in [0.717, 1.165) is 12.8 Å². The lowest BCUT2D eigenvalue weighted by Crippen LogP contribution is -2.35. The van der Waals surface area contributed by atoms with Crippen molar-refractivity contribution in [2.45, 2.75) is 44.6 Å². The number of hydrogen-bond acceptors (Lipinski definition) is 1. The fourth-order valence-electron chi connectivity index (χ4n) is 2.24. The van der Waals surface area contributed by atoms with Gasteiger partial charge in [-0.2, -0.15) is 0 Å². The fraction of sp³-hybridized carbons (Fsp3) is 0.692. The third kappa shape index (κ3) is 3.67. The zero-order valence-corrected chi connectivity index (χ0v) is 9.25. The smallest absolute Gasteiger partial charge is 0.0164 e. The molecule has 80 valence electrons. The van der Waals surface area contributed by atoms with Crippen molar-refractivity contribution < 1.29 is 0 Å². The second-order valence-electron chi connectivity index (χ2n) is 4.15. The summed E-state index contributed by atoms with van der Waals surface area (Å²) in [6, 6.07) is 0.656. The Morgan fingerprint density at radius 3 is 1.86 bits per heavy atom. The Bertz CT molecular complexity index is 156. The molecule has 0 saturated carbocycles. The van der Waals surface area contributed by atoms with E-state index in [1.165, 1.54) is 38.8 Å². The highest BCUT2D eigenvalue weighted by molar-refractivity contribution is 4.86.